The van der Waals surface area contributed by atoms with Crippen LogP contribution in [0.3, 0.4) is 0 Å². The van der Waals surface area contributed by atoms with Crippen LogP contribution < -0.4 is 5.32 Å². The lowest BCUT2D eigenvalue weighted by atomic mass is 10.2. The normalized spacial score (nSPS) is 17.1. The number of amides is 1. The number of aromatic nitrogens is 2. The maximum Gasteiger partial charge on any atom is 0.272 e. The lowest BCUT2D eigenvalue weighted by Crippen LogP contribution is -2.32. The van der Waals surface area contributed by atoms with Gasteiger partial charge in [-0.3, -0.25) is 14.6 Å². The summed E-state index contributed by atoms with van der Waals surface area (Å²) in [6.07, 6.45) is 4.05. The third-order valence-electron chi connectivity index (χ3n) is 3.88. The highest BCUT2D eigenvalue weighted by molar-refractivity contribution is 5.94. The van der Waals surface area contributed by atoms with Gasteiger partial charge in [-0.25, -0.2) is 4.98 Å². The fourth-order valence-electron chi connectivity index (χ4n) is 2.61. The summed E-state index contributed by atoms with van der Waals surface area (Å²) in [6, 6.07) is 9.03. The predicted molar refractivity (Wildman–Crippen MR) is 86.4 cm³/mol. The first kappa shape index (κ1) is 15.1. The molecule has 1 N–H and O–H groups in total. The molecule has 3 heterocycles. The largest absolute Gasteiger partial charge is 0.365 e. The van der Waals surface area contributed by atoms with Crippen LogP contribution in [0.5, 0.6) is 0 Å². The fraction of sp³-hybridized carbons (Fsp3) is 0.294. The highest BCUT2D eigenvalue weighted by Crippen LogP contribution is 2.16. The van der Waals surface area contributed by atoms with Gasteiger partial charge < -0.3 is 10.2 Å². The second kappa shape index (κ2) is 6.56. The average Bonchev–Trinajstić information content (AvgIpc) is 3.04. The first-order valence-electron chi connectivity index (χ1n) is 7.57. The van der Waals surface area contributed by atoms with Crippen LogP contribution in [0.1, 0.15) is 34.2 Å². The molecule has 0 radical (unpaired) electrons. The SMILES string of the molecule is CC(=O)c1ccc(NC2CCN(C(=O)c3ccccn3)C2)nc1. The molecule has 118 valence electrons. The zero-order valence-electron chi connectivity index (χ0n) is 12.9. The van der Waals surface area contributed by atoms with Crippen molar-refractivity contribution in [3.05, 3.63) is 54.0 Å². The second-order valence-electron chi connectivity index (χ2n) is 5.58. The molecule has 1 atom stereocenters. The van der Waals surface area contributed by atoms with Gasteiger partial charge in [-0.1, -0.05) is 6.07 Å². The first-order valence-corrected chi connectivity index (χ1v) is 7.57. The third-order valence-corrected chi connectivity index (χ3v) is 3.88. The molecule has 2 aromatic heterocycles. The van der Waals surface area contributed by atoms with Crippen LogP contribution in [-0.2, 0) is 0 Å². The van der Waals surface area contributed by atoms with Crippen LogP contribution >= 0.6 is 0 Å². The number of carbonyl (C=O) groups is 2. The molecule has 0 aliphatic carbocycles. The smallest absolute Gasteiger partial charge is 0.272 e. The maximum absolute atomic E-state index is 12.3. The van der Waals surface area contributed by atoms with Crippen molar-refractivity contribution in [3.63, 3.8) is 0 Å². The van der Waals surface area contributed by atoms with Crippen molar-refractivity contribution < 1.29 is 9.59 Å². The topological polar surface area (TPSA) is 75.2 Å². The number of anilines is 1. The molecular weight excluding hydrogens is 292 g/mol. The van der Waals surface area contributed by atoms with E-state index in [0.717, 1.165) is 6.42 Å². The first-order chi connectivity index (χ1) is 11.1. The van der Waals surface area contributed by atoms with Gasteiger partial charge in [0, 0.05) is 37.1 Å². The van der Waals surface area contributed by atoms with Gasteiger partial charge in [0.1, 0.15) is 11.5 Å². The Bertz CT molecular complexity index is 700. The van der Waals surface area contributed by atoms with E-state index in [9.17, 15) is 9.59 Å². The molecule has 2 aromatic rings. The minimum absolute atomic E-state index is 0.00273. The van der Waals surface area contributed by atoms with Gasteiger partial charge >= 0.3 is 0 Å². The van der Waals surface area contributed by atoms with Crippen LogP contribution in [0.15, 0.2) is 42.7 Å². The molecule has 1 fully saturated rings. The van der Waals surface area contributed by atoms with E-state index in [0.29, 0.717) is 30.2 Å². The Morgan fingerprint density at radius 2 is 2.09 bits per heavy atom. The summed E-state index contributed by atoms with van der Waals surface area (Å²) >= 11 is 0. The molecular formula is C17H18N4O2. The number of Topliss-reactive ketones (excluding diaryl/α,β-unsaturated/α-hetero) is 1. The second-order valence-corrected chi connectivity index (χ2v) is 5.58. The number of likely N-dealkylation sites (tertiary alicyclic amines) is 1. The quantitative estimate of drug-likeness (QED) is 0.874. The number of hydrogen-bond donors (Lipinski definition) is 1. The van der Waals surface area contributed by atoms with Crippen LogP contribution in [0, 0.1) is 0 Å². The maximum atomic E-state index is 12.3. The Morgan fingerprint density at radius 3 is 2.74 bits per heavy atom. The molecule has 1 aliphatic heterocycles. The van der Waals surface area contributed by atoms with E-state index in [2.05, 4.69) is 15.3 Å². The Labute approximate surface area is 134 Å². The van der Waals surface area contributed by atoms with Crippen molar-refractivity contribution in [2.24, 2.45) is 0 Å². The lowest BCUT2D eigenvalue weighted by Gasteiger charge is -2.17. The molecule has 0 spiro atoms. The molecule has 1 unspecified atom stereocenters. The van der Waals surface area contributed by atoms with E-state index in [1.54, 1.807) is 41.6 Å². The fourth-order valence-corrected chi connectivity index (χ4v) is 2.61. The monoisotopic (exact) mass is 310 g/mol. The zero-order valence-corrected chi connectivity index (χ0v) is 12.9. The van der Waals surface area contributed by atoms with Gasteiger partial charge in [0.15, 0.2) is 5.78 Å². The van der Waals surface area contributed by atoms with Gasteiger partial charge in [0.25, 0.3) is 5.91 Å². The van der Waals surface area contributed by atoms with E-state index >= 15 is 0 Å². The van der Waals surface area contributed by atoms with E-state index in [1.807, 2.05) is 6.07 Å². The summed E-state index contributed by atoms with van der Waals surface area (Å²) in [5.41, 5.74) is 1.06. The summed E-state index contributed by atoms with van der Waals surface area (Å²) in [4.78, 5) is 33.7. The Morgan fingerprint density at radius 1 is 1.22 bits per heavy atom. The number of rotatable bonds is 4. The molecule has 3 rings (SSSR count). The minimum atomic E-state index is -0.0465. The molecule has 0 saturated carbocycles. The zero-order chi connectivity index (χ0) is 16.2. The van der Waals surface area contributed by atoms with Crippen molar-refractivity contribution in [1.82, 2.24) is 14.9 Å². The molecule has 1 saturated heterocycles. The van der Waals surface area contributed by atoms with Gasteiger partial charge in [-0.2, -0.15) is 0 Å². The predicted octanol–water partition coefficient (Wildman–Crippen LogP) is 2.01. The van der Waals surface area contributed by atoms with Crippen LogP contribution in [0.25, 0.3) is 0 Å². The molecule has 6 heteroatoms. The third kappa shape index (κ3) is 3.53. The minimum Gasteiger partial charge on any atom is -0.365 e. The summed E-state index contributed by atoms with van der Waals surface area (Å²) < 4.78 is 0. The van der Waals surface area contributed by atoms with Crippen molar-refractivity contribution in [1.29, 1.82) is 0 Å². The Hall–Kier alpha value is -2.76. The lowest BCUT2D eigenvalue weighted by molar-refractivity contribution is 0.0785. The van der Waals surface area contributed by atoms with Gasteiger partial charge in [0.05, 0.1) is 0 Å². The number of nitrogens with zero attached hydrogens (tertiary/aromatic N) is 3. The number of hydrogen-bond acceptors (Lipinski definition) is 5. The van der Waals surface area contributed by atoms with Crippen molar-refractivity contribution in [2.45, 2.75) is 19.4 Å². The summed E-state index contributed by atoms with van der Waals surface area (Å²) in [6.45, 7) is 2.83. The Balaban J connectivity index is 1.59. The van der Waals surface area contributed by atoms with Crippen LogP contribution in [0.4, 0.5) is 5.82 Å². The Kier molecular flexibility index (Phi) is 4.32. The highest BCUT2D eigenvalue weighted by atomic mass is 16.2. The van der Waals surface area contributed by atoms with Crippen LogP contribution in [-0.4, -0.2) is 45.7 Å². The van der Waals surface area contributed by atoms with E-state index < -0.39 is 0 Å². The van der Waals surface area contributed by atoms with Crippen molar-refractivity contribution in [2.75, 3.05) is 18.4 Å². The van der Waals surface area contributed by atoms with Crippen LogP contribution in [0.2, 0.25) is 0 Å². The number of ketones is 1. The molecule has 23 heavy (non-hydrogen) atoms. The summed E-state index contributed by atoms with van der Waals surface area (Å²) in [7, 11) is 0. The van der Waals surface area contributed by atoms with E-state index in [-0.39, 0.29) is 17.7 Å². The standard InChI is InChI=1S/C17H18N4O2/c1-12(22)13-5-6-16(19-10-13)20-14-7-9-21(11-14)17(23)15-4-2-3-8-18-15/h2-6,8,10,14H,7,9,11H2,1H3,(H,19,20). The summed E-state index contributed by atoms with van der Waals surface area (Å²) in [5.74, 6) is 0.666. The molecule has 6 nitrogen and oxygen atoms in total. The number of pyridine rings is 2. The van der Waals surface area contributed by atoms with E-state index in [1.165, 1.54) is 6.92 Å². The molecule has 1 aliphatic rings. The van der Waals surface area contributed by atoms with E-state index in [4.69, 9.17) is 0 Å². The molecule has 1 amide bonds. The molecule has 0 bridgehead atoms. The highest BCUT2D eigenvalue weighted by Gasteiger charge is 2.27. The van der Waals surface area contributed by atoms with Crippen molar-refractivity contribution >= 4 is 17.5 Å². The number of nitrogens with one attached hydrogen (secondary N) is 1. The van der Waals surface area contributed by atoms with Crippen molar-refractivity contribution in [3.8, 4) is 0 Å². The molecule has 0 aromatic carbocycles. The average molecular weight is 310 g/mol. The van der Waals surface area contributed by atoms with Gasteiger partial charge in [0.2, 0.25) is 0 Å². The number of carbonyl (C=O) groups excluding carboxylic acids is 2. The van der Waals surface area contributed by atoms with Gasteiger partial charge in [-0.15, -0.1) is 0 Å². The summed E-state index contributed by atoms with van der Waals surface area (Å²) in [5, 5.41) is 3.31. The van der Waals surface area contributed by atoms with Gasteiger partial charge in [-0.05, 0) is 37.6 Å².